The number of aromatic nitrogens is 2. The Labute approximate surface area is 233 Å². The van der Waals surface area contributed by atoms with E-state index in [2.05, 4.69) is 20.6 Å². The van der Waals surface area contributed by atoms with Crippen LogP contribution in [0, 0.1) is 5.92 Å². The SMILES string of the molecule is O=C(N[C@H](C(=O)NC1CCCN(S(=O)(=O)c2ccccn2)CC1=O)C1CCCCC1)c1ccc2ccccc2n1. The molecule has 40 heavy (non-hydrogen) atoms. The average Bonchev–Trinajstić information content (AvgIpc) is 3.17. The Morgan fingerprint density at radius 2 is 1.70 bits per heavy atom. The van der Waals surface area contributed by atoms with Gasteiger partial charge in [0.15, 0.2) is 10.8 Å². The van der Waals surface area contributed by atoms with Crippen LogP contribution in [0.5, 0.6) is 0 Å². The molecule has 5 rings (SSSR count). The molecule has 1 saturated carbocycles. The number of carbonyl (C=O) groups is 3. The first-order valence-corrected chi connectivity index (χ1v) is 15.2. The van der Waals surface area contributed by atoms with Gasteiger partial charge in [0.25, 0.3) is 15.9 Å². The van der Waals surface area contributed by atoms with Crippen molar-refractivity contribution in [1.29, 1.82) is 0 Å². The van der Waals surface area contributed by atoms with Crippen molar-refractivity contribution < 1.29 is 22.8 Å². The second kappa shape index (κ2) is 12.2. The molecular weight excluding hydrogens is 530 g/mol. The van der Waals surface area contributed by atoms with Gasteiger partial charge in [-0.05, 0) is 55.9 Å². The molecule has 0 radical (unpaired) electrons. The largest absolute Gasteiger partial charge is 0.344 e. The smallest absolute Gasteiger partial charge is 0.270 e. The maximum absolute atomic E-state index is 13.6. The minimum atomic E-state index is -3.94. The number of benzene rings is 1. The maximum Gasteiger partial charge on any atom is 0.270 e. The molecule has 210 valence electrons. The van der Waals surface area contributed by atoms with E-state index in [-0.39, 0.29) is 29.7 Å². The lowest BCUT2D eigenvalue weighted by molar-refractivity contribution is -0.129. The van der Waals surface area contributed by atoms with Crippen molar-refractivity contribution >= 4 is 38.5 Å². The van der Waals surface area contributed by atoms with Crippen LogP contribution in [0.4, 0.5) is 0 Å². The molecule has 2 amide bonds. The van der Waals surface area contributed by atoms with Crippen molar-refractivity contribution in [2.24, 2.45) is 5.92 Å². The summed E-state index contributed by atoms with van der Waals surface area (Å²) in [4.78, 5) is 48.4. The normalized spacial score (nSPS) is 20.0. The number of hydrogen-bond donors (Lipinski definition) is 2. The van der Waals surface area contributed by atoms with Crippen LogP contribution in [0.25, 0.3) is 10.9 Å². The van der Waals surface area contributed by atoms with Gasteiger partial charge in [-0.1, -0.05) is 49.6 Å². The van der Waals surface area contributed by atoms with E-state index in [1.54, 1.807) is 18.2 Å². The van der Waals surface area contributed by atoms with E-state index in [0.29, 0.717) is 18.4 Å². The Morgan fingerprint density at radius 3 is 2.48 bits per heavy atom. The third kappa shape index (κ3) is 6.20. The number of carbonyl (C=O) groups excluding carboxylic acids is 3. The molecule has 11 heteroatoms. The average molecular weight is 564 g/mol. The number of nitrogens with one attached hydrogen (secondary N) is 2. The fraction of sp³-hybridized carbons (Fsp3) is 0.414. The van der Waals surface area contributed by atoms with Crippen LogP contribution >= 0.6 is 0 Å². The summed E-state index contributed by atoms with van der Waals surface area (Å²) < 4.78 is 27.2. The molecule has 0 spiro atoms. The summed E-state index contributed by atoms with van der Waals surface area (Å²) in [6, 6.07) is 13.9. The van der Waals surface area contributed by atoms with Crippen molar-refractivity contribution in [1.82, 2.24) is 24.9 Å². The van der Waals surface area contributed by atoms with Gasteiger partial charge in [-0.3, -0.25) is 14.4 Å². The zero-order chi connectivity index (χ0) is 28.1. The fourth-order valence-corrected chi connectivity index (χ4v) is 6.90. The van der Waals surface area contributed by atoms with Gasteiger partial charge in [0.1, 0.15) is 11.7 Å². The quantitative estimate of drug-likeness (QED) is 0.451. The van der Waals surface area contributed by atoms with E-state index in [1.807, 2.05) is 30.3 Å². The molecule has 2 fully saturated rings. The molecule has 1 saturated heterocycles. The maximum atomic E-state index is 13.6. The Kier molecular flexibility index (Phi) is 8.51. The summed E-state index contributed by atoms with van der Waals surface area (Å²) >= 11 is 0. The van der Waals surface area contributed by atoms with Crippen molar-refractivity contribution in [3.05, 3.63) is 66.5 Å². The molecule has 3 aromatic rings. The van der Waals surface area contributed by atoms with Crippen LogP contribution < -0.4 is 10.6 Å². The Balaban J connectivity index is 1.30. The zero-order valence-electron chi connectivity index (χ0n) is 22.2. The highest BCUT2D eigenvalue weighted by molar-refractivity contribution is 7.89. The topological polar surface area (TPSA) is 138 Å². The fourth-order valence-electron chi connectivity index (χ4n) is 5.52. The Bertz CT molecular complexity index is 1490. The lowest BCUT2D eigenvalue weighted by Gasteiger charge is -2.31. The predicted octanol–water partition coefficient (Wildman–Crippen LogP) is 2.85. The highest BCUT2D eigenvalue weighted by Gasteiger charge is 2.37. The van der Waals surface area contributed by atoms with Crippen molar-refractivity contribution in [2.45, 2.75) is 62.1 Å². The van der Waals surface area contributed by atoms with Crippen LogP contribution in [0.2, 0.25) is 0 Å². The number of para-hydroxylation sites is 1. The predicted molar refractivity (Wildman–Crippen MR) is 149 cm³/mol. The first kappa shape index (κ1) is 27.9. The number of rotatable bonds is 7. The number of hydrogen-bond acceptors (Lipinski definition) is 7. The number of Topliss-reactive ketones (excluding diaryl/α,β-unsaturated/α-hetero) is 1. The van der Waals surface area contributed by atoms with Crippen molar-refractivity contribution in [2.75, 3.05) is 13.1 Å². The summed E-state index contributed by atoms with van der Waals surface area (Å²) in [7, 11) is -3.94. The molecule has 1 aliphatic carbocycles. The van der Waals surface area contributed by atoms with Gasteiger partial charge in [-0.15, -0.1) is 0 Å². The Hall–Kier alpha value is -3.70. The van der Waals surface area contributed by atoms with Crippen LogP contribution in [-0.4, -0.2) is 65.5 Å². The molecule has 10 nitrogen and oxygen atoms in total. The second-order valence-corrected chi connectivity index (χ2v) is 12.3. The van der Waals surface area contributed by atoms with E-state index in [0.717, 1.165) is 41.8 Å². The van der Waals surface area contributed by atoms with E-state index in [1.165, 1.54) is 12.3 Å². The lowest BCUT2D eigenvalue weighted by Crippen LogP contribution is -2.55. The number of amides is 2. The van der Waals surface area contributed by atoms with E-state index in [9.17, 15) is 22.8 Å². The van der Waals surface area contributed by atoms with Crippen LogP contribution in [-0.2, 0) is 19.6 Å². The molecular formula is C29H33N5O5S. The summed E-state index contributed by atoms with van der Waals surface area (Å²) in [5, 5.41) is 6.54. The molecule has 3 heterocycles. The first-order chi connectivity index (χ1) is 19.3. The molecule has 0 bridgehead atoms. The standard InChI is InChI=1S/C29H33N5O5S/c35-25-19-34(40(38,39)26-14-6-7-17-30-26)18-8-13-23(25)32-29(37)27(21-10-2-1-3-11-21)33-28(36)24-16-15-20-9-4-5-12-22(20)31-24/h4-7,9,12,14-17,21,23,27H,1-3,8,10-11,13,18-19H2,(H,32,37)(H,33,36)/t23?,27-/m0/s1. The highest BCUT2D eigenvalue weighted by atomic mass is 32.2. The first-order valence-electron chi connectivity index (χ1n) is 13.7. The zero-order valence-corrected chi connectivity index (χ0v) is 23.0. The second-order valence-electron chi connectivity index (χ2n) is 10.4. The molecule has 2 atom stereocenters. The summed E-state index contributed by atoms with van der Waals surface area (Å²) in [6.45, 7) is -0.210. The van der Waals surface area contributed by atoms with Crippen molar-refractivity contribution in [3.63, 3.8) is 0 Å². The molecule has 1 aromatic carbocycles. The van der Waals surface area contributed by atoms with Gasteiger partial charge in [0.2, 0.25) is 5.91 Å². The lowest BCUT2D eigenvalue weighted by atomic mass is 9.83. The Morgan fingerprint density at radius 1 is 0.925 bits per heavy atom. The molecule has 1 unspecified atom stereocenters. The molecule has 1 aliphatic heterocycles. The van der Waals surface area contributed by atoms with Gasteiger partial charge in [-0.2, -0.15) is 4.31 Å². The minimum absolute atomic E-state index is 0.0694. The monoisotopic (exact) mass is 563 g/mol. The highest BCUT2D eigenvalue weighted by Crippen LogP contribution is 2.27. The number of fused-ring (bicyclic) bond motifs is 1. The summed E-state index contributed by atoms with van der Waals surface area (Å²) in [5.74, 6) is -1.34. The van der Waals surface area contributed by atoms with Crippen molar-refractivity contribution in [3.8, 4) is 0 Å². The van der Waals surface area contributed by atoms with Gasteiger partial charge < -0.3 is 10.6 Å². The number of nitrogens with zero attached hydrogens (tertiary/aromatic N) is 3. The molecule has 2 N–H and O–H groups in total. The summed E-state index contributed by atoms with van der Waals surface area (Å²) in [6.07, 6.45) is 6.66. The van der Waals surface area contributed by atoms with Gasteiger partial charge in [0.05, 0.1) is 18.1 Å². The van der Waals surface area contributed by atoms with Gasteiger partial charge >= 0.3 is 0 Å². The summed E-state index contributed by atoms with van der Waals surface area (Å²) in [5.41, 5.74) is 0.899. The third-order valence-corrected chi connectivity index (χ3v) is 9.46. The minimum Gasteiger partial charge on any atom is -0.344 e. The van der Waals surface area contributed by atoms with E-state index >= 15 is 0 Å². The number of pyridine rings is 2. The molecule has 2 aliphatic rings. The third-order valence-electron chi connectivity index (χ3n) is 7.70. The van der Waals surface area contributed by atoms with E-state index in [4.69, 9.17) is 0 Å². The van der Waals surface area contributed by atoms with Crippen LogP contribution in [0.3, 0.4) is 0 Å². The van der Waals surface area contributed by atoms with E-state index < -0.39 is 39.7 Å². The van der Waals surface area contributed by atoms with Crippen LogP contribution in [0.1, 0.15) is 55.4 Å². The van der Waals surface area contributed by atoms with Gasteiger partial charge in [-0.25, -0.2) is 18.4 Å². The number of sulfonamides is 1. The molecule has 2 aromatic heterocycles. The van der Waals surface area contributed by atoms with Gasteiger partial charge in [0, 0.05) is 18.1 Å². The number of ketones is 1. The van der Waals surface area contributed by atoms with Crippen LogP contribution in [0.15, 0.2) is 65.8 Å².